The van der Waals surface area contributed by atoms with Crippen molar-refractivity contribution in [2.24, 2.45) is 0 Å². The van der Waals surface area contributed by atoms with E-state index in [0.717, 1.165) is 30.6 Å². The fourth-order valence-electron chi connectivity index (χ4n) is 1.86. The summed E-state index contributed by atoms with van der Waals surface area (Å²) >= 11 is 6.93. The molecule has 0 spiro atoms. The Labute approximate surface area is 107 Å². The quantitative estimate of drug-likeness (QED) is 0.523. The van der Waals surface area contributed by atoms with E-state index in [0.29, 0.717) is 4.88 Å². The zero-order chi connectivity index (χ0) is 12.4. The Bertz CT molecular complexity index is 449. The number of nitrogens with one attached hydrogen (secondary N) is 1. The van der Waals surface area contributed by atoms with Crippen LogP contribution >= 0.6 is 22.9 Å². The van der Waals surface area contributed by atoms with Crippen molar-refractivity contribution >= 4 is 33.8 Å². The van der Waals surface area contributed by atoms with Gasteiger partial charge < -0.3 is 5.32 Å². The van der Waals surface area contributed by atoms with Crippen LogP contribution in [-0.4, -0.2) is 22.2 Å². The first-order valence-electron chi connectivity index (χ1n) is 5.27. The third-order valence-corrected chi connectivity index (χ3v) is 4.30. The Balaban J connectivity index is 2.01. The van der Waals surface area contributed by atoms with E-state index >= 15 is 0 Å². The summed E-state index contributed by atoms with van der Waals surface area (Å²) < 4.78 is 0. The van der Waals surface area contributed by atoms with E-state index in [1.54, 1.807) is 0 Å². The number of carbonyl (C=O) groups is 1. The van der Waals surface area contributed by atoms with Gasteiger partial charge >= 0.3 is 5.00 Å². The first kappa shape index (κ1) is 12.3. The van der Waals surface area contributed by atoms with E-state index in [4.69, 9.17) is 11.6 Å². The average Bonchev–Trinajstić information content (AvgIpc) is 2.88. The van der Waals surface area contributed by atoms with Crippen molar-refractivity contribution in [3.05, 3.63) is 27.1 Å². The summed E-state index contributed by atoms with van der Waals surface area (Å²) in [5.74, 6) is -0.277. The normalized spacial score (nSPS) is 23.6. The van der Waals surface area contributed by atoms with Gasteiger partial charge in [-0.2, -0.15) is 0 Å². The zero-order valence-electron chi connectivity index (χ0n) is 8.89. The number of nitro groups is 1. The molecule has 1 amide bonds. The lowest BCUT2D eigenvalue weighted by Crippen LogP contribution is -2.37. The molecule has 0 aliphatic heterocycles. The highest BCUT2D eigenvalue weighted by atomic mass is 35.5. The van der Waals surface area contributed by atoms with Gasteiger partial charge in [0.2, 0.25) is 0 Å². The minimum absolute atomic E-state index is 0.0228. The number of halogens is 1. The van der Waals surface area contributed by atoms with Gasteiger partial charge in [-0.15, -0.1) is 11.6 Å². The van der Waals surface area contributed by atoms with E-state index in [9.17, 15) is 14.9 Å². The van der Waals surface area contributed by atoms with Crippen LogP contribution in [0.2, 0.25) is 0 Å². The molecule has 1 heterocycles. The second-order valence-electron chi connectivity index (χ2n) is 3.92. The molecule has 1 aliphatic carbocycles. The first-order chi connectivity index (χ1) is 8.08. The number of amides is 1. The van der Waals surface area contributed by atoms with E-state index < -0.39 is 4.92 Å². The van der Waals surface area contributed by atoms with Crippen molar-refractivity contribution in [1.29, 1.82) is 0 Å². The van der Waals surface area contributed by atoms with Crippen molar-refractivity contribution < 1.29 is 9.72 Å². The molecule has 1 saturated carbocycles. The molecular weight excluding hydrogens is 264 g/mol. The maximum Gasteiger partial charge on any atom is 0.324 e. The Morgan fingerprint density at radius 3 is 2.82 bits per heavy atom. The van der Waals surface area contributed by atoms with Crippen LogP contribution in [0.5, 0.6) is 0 Å². The average molecular weight is 275 g/mol. The fraction of sp³-hybridized carbons (Fsp3) is 0.500. The molecular formula is C10H11ClN2O3S. The van der Waals surface area contributed by atoms with Crippen molar-refractivity contribution in [2.45, 2.75) is 30.7 Å². The number of nitrogens with zero attached hydrogens (tertiary/aromatic N) is 1. The highest BCUT2D eigenvalue weighted by Gasteiger charge is 2.27. The largest absolute Gasteiger partial charge is 0.347 e. The lowest BCUT2D eigenvalue weighted by atomic mass is 10.2. The lowest BCUT2D eigenvalue weighted by molar-refractivity contribution is -0.380. The lowest BCUT2D eigenvalue weighted by Gasteiger charge is -2.14. The second-order valence-corrected chi connectivity index (χ2v) is 5.54. The summed E-state index contributed by atoms with van der Waals surface area (Å²) in [6.07, 6.45) is 2.77. The fourth-order valence-corrected chi connectivity index (χ4v) is 2.93. The summed E-state index contributed by atoms with van der Waals surface area (Å²) in [6, 6.07) is 2.79. The minimum Gasteiger partial charge on any atom is -0.347 e. The standard InChI is InChI=1S/C10H11ClN2O3S/c11-6-2-1-3-7(6)12-10(14)8-4-5-9(17-8)13(15)16/h4-7H,1-3H2,(H,12,14). The van der Waals surface area contributed by atoms with E-state index in [-0.39, 0.29) is 22.3 Å². The maximum absolute atomic E-state index is 11.8. The monoisotopic (exact) mass is 274 g/mol. The van der Waals surface area contributed by atoms with Gasteiger partial charge in [0.15, 0.2) is 0 Å². The van der Waals surface area contributed by atoms with Crippen molar-refractivity contribution in [2.75, 3.05) is 0 Å². The number of carbonyl (C=O) groups excluding carboxylic acids is 1. The van der Waals surface area contributed by atoms with E-state index in [1.165, 1.54) is 12.1 Å². The summed E-state index contributed by atoms with van der Waals surface area (Å²) in [4.78, 5) is 22.2. The molecule has 5 nitrogen and oxygen atoms in total. The number of hydrogen-bond acceptors (Lipinski definition) is 4. The van der Waals surface area contributed by atoms with Gasteiger partial charge in [0.25, 0.3) is 5.91 Å². The van der Waals surface area contributed by atoms with Crippen LogP contribution in [0, 0.1) is 10.1 Å². The molecule has 2 atom stereocenters. The molecule has 0 bridgehead atoms. The Hall–Kier alpha value is -1.14. The molecule has 2 rings (SSSR count). The topological polar surface area (TPSA) is 72.2 Å². The van der Waals surface area contributed by atoms with Gasteiger partial charge in [0, 0.05) is 12.1 Å². The van der Waals surface area contributed by atoms with E-state index in [2.05, 4.69) is 5.32 Å². The Morgan fingerprint density at radius 1 is 1.53 bits per heavy atom. The van der Waals surface area contributed by atoms with Crippen molar-refractivity contribution in [3.8, 4) is 0 Å². The second kappa shape index (κ2) is 5.01. The highest BCUT2D eigenvalue weighted by molar-refractivity contribution is 7.17. The number of rotatable bonds is 3. The molecule has 1 aromatic heterocycles. The molecule has 1 aromatic rings. The van der Waals surface area contributed by atoms with Gasteiger partial charge in [-0.05, 0) is 25.3 Å². The molecule has 1 aliphatic rings. The first-order valence-corrected chi connectivity index (χ1v) is 6.52. The molecule has 0 aromatic carbocycles. The number of thiophene rings is 1. The molecule has 92 valence electrons. The van der Waals surface area contributed by atoms with Crippen molar-refractivity contribution in [3.63, 3.8) is 0 Å². The van der Waals surface area contributed by atoms with E-state index in [1.807, 2.05) is 0 Å². The summed E-state index contributed by atoms with van der Waals surface area (Å²) in [6.45, 7) is 0. The summed E-state index contributed by atoms with van der Waals surface area (Å²) in [7, 11) is 0. The predicted molar refractivity (Wildman–Crippen MR) is 65.7 cm³/mol. The molecule has 1 N–H and O–H groups in total. The summed E-state index contributed by atoms with van der Waals surface area (Å²) in [5, 5.41) is 13.3. The van der Waals surface area contributed by atoms with Crippen LogP contribution in [0.25, 0.3) is 0 Å². The minimum atomic E-state index is -0.499. The Kier molecular flexibility index (Phi) is 3.63. The van der Waals surface area contributed by atoms with Crippen molar-refractivity contribution in [1.82, 2.24) is 5.32 Å². The SMILES string of the molecule is O=C(NC1CCCC1Cl)c1ccc([N+](=O)[O-])s1. The van der Waals surface area contributed by atoms with Crippen LogP contribution in [-0.2, 0) is 0 Å². The molecule has 7 heteroatoms. The zero-order valence-corrected chi connectivity index (χ0v) is 10.5. The maximum atomic E-state index is 11.8. The molecule has 0 radical (unpaired) electrons. The summed E-state index contributed by atoms with van der Waals surface area (Å²) in [5.41, 5.74) is 0. The third kappa shape index (κ3) is 2.76. The van der Waals surface area contributed by atoms with Crippen LogP contribution in [0.15, 0.2) is 12.1 Å². The number of hydrogen-bond donors (Lipinski definition) is 1. The van der Waals surface area contributed by atoms with Gasteiger partial charge in [-0.3, -0.25) is 14.9 Å². The highest BCUT2D eigenvalue weighted by Crippen LogP contribution is 2.26. The molecule has 17 heavy (non-hydrogen) atoms. The van der Waals surface area contributed by atoms with Gasteiger partial charge in [0.05, 0.1) is 15.2 Å². The molecule has 1 fully saturated rings. The van der Waals surface area contributed by atoms with Crippen LogP contribution in [0.1, 0.15) is 28.9 Å². The Morgan fingerprint density at radius 2 is 2.29 bits per heavy atom. The third-order valence-electron chi connectivity index (χ3n) is 2.74. The van der Waals surface area contributed by atoms with Crippen LogP contribution < -0.4 is 5.32 Å². The van der Waals surface area contributed by atoms with Crippen LogP contribution in [0.3, 0.4) is 0 Å². The molecule has 0 saturated heterocycles. The van der Waals surface area contributed by atoms with Gasteiger partial charge in [-0.25, -0.2) is 0 Å². The smallest absolute Gasteiger partial charge is 0.324 e. The predicted octanol–water partition coefficient (Wildman–Crippen LogP) is 2.55. The molecule has 2 unspecified atom stereocenters. The van der Waals surface area contributed by atoms with Gasteiger partial charge in [0.1, 0.15) is 0 Å². The number of alkyl halides is 1. The van der Waals surface area contributed by atoms with Gasteiger partial charge in [-0.1, -0.05) is 11.3 Å². The van der Waals surface area contributed by atoms with Crippen LogP contribution in [0.4, 0.5) is 5.00 Å².